The van der Waals surface area contributed by atoms with Crippen LogP contribution >= 0.6 is 0 Å². The van der Waals surface area contributed by atoms with Crippen molar-refractivity contribution in [3.05, 3.63) is 18.2 Å². The number of hydrogen-bond acceptors (Lipinski definition) is 8. The van der Waals surface area contributed by atoms with Gasteiger partial charge in [-0.15, -0.1) is 0 Å². The lowest BCUT2D eigenvalue weighted by atomic mass is 10.0. The molecule has 368 valence electrons. The Kier molecular flexibility index (Phi) is 40.4. The highest BCUT2D eigenvalue weighted by atomic mass is 16.5. The molecule has 1 unspecified atom stereocenters. The number of unbranched alkanes of at least 4 members (excludes halogenated alkanes) is 25. The summed E-state index contributed by atoms with van der Waals surface area (Å²) in [5.41, 5.74) is 0.542. The number of esters is 2. The zero-order valence-corrected chi connectivity index (χ0v) is 41.6. The molecule has 1 atom stereocenters. The topological polar surface area (TPSA) is 123 Å². The van der Waals surface area contributed by atoms with Gasteiger partial charge in [-0.2, -0.15) is 0 Å². The molecule has 0 aliphatic carbocycles. The molecule has 0 aromatic carbocycles. The summed E-state index contributed by atoms with van der Waals surface area (Å²) >= 11 is 0. The molecule has 0 saturated heterocycles. The molecule has 2 N–H and O–H groups in total. The fourth-order valence-electron chi connectivity index (χ4n) is 8.46. The lowest BCUT2D eigenvalue weighted by Gasteiger charge is -2.25. The van der Waals surface area contributed by atoms with Gasteiger partial charge < -0.3 is 29.4 Å². The van der Waals surface area contributed by atoms with Gasteiger partial charge in [-0.25, -0.2) is 4.98 Å². The second-order valence-electron chi connectivity index (χ2n) is 18.7. The molecule has 0 fully saturated rings. The van der Waals surface area contributed by atoms with Crippen LogP contribution in [0.1, 0.15) is 262 Å². The second-order valence-corrected chi connectivity index (χ2v) is 18.7. The fourth-order valence-corrected chi connectivity index (χ4v) is 8.46. The van der Waals surface area contributed by atoms with Gasteiger partial charge in [-0.1, -0.05) is 162 Å². The van der Waals surface area contributed by atoms with E-state index in [2.05, 4.69) is 36.0 Å². The van der Waals surface area contributed by atoms with E-state index >= 15 is 0 Å². The van der Waals surface area contributed by atoms with Crippen molar-refractivity contribution in [2.24, 2.45) is 7.05 Å². The molecular formula is C53H100N4O6. The van der Waals surface area contributed by atoms with E-state index in [0.717, 1.165) is 116 Å². The molecule has 0 aliphatic heterocycles. The Labute approximate surface area is 387 Å². The Morgan fingerprint density at radius 1 is 0.603 bits per heavy atom. The van der Waals surface area contributed by atoms with E-state index in [-0.39, 0.29) is 23.9 Å². The van der Waals surface area contributed by atoms with Crippen molar-refractivity contribution in [3.63, 3.8) is 0 Å². The number of aromatic nitrogens is 2. The first-order chi connectivity index (χ1) is 30.8. The number of rotatable bonds is 47. The van der Waals surface area contributed by atoms with Crippen LogP contribution < -0.4 is 5.32 Å². The van der Waals surface area contributed by atoms with E-state index in [0.29, 0.717) is 44.7 Å². The van der Waals surface area contributed by atoms with Crippen LogP contribution in [0, 0.1) is 0 Å². The Hall–Kier alpha value is -2.46. The summed E-state index contributed by atoms with van der Waals surface area (Å²) < 4.78 is 13.3. The van der Waals surface area contributed by atoms with Crippen molar-refractivity contribution in [2.75, 3.05) is 32.8 Å². The highest BCUT2D eigenvalue weighted by Crippen LogP contribution is 2.19. The first-order valence-electron chi connectivity index (χ1n) is 26.8. The average molecular weight is 889 g/mol. The molecule has 0 aliphatic rings. The molecule has 10 heteroatoms. The molecule has 63 heavy (non-hydrogen) atoms. The molecule has 1 aromatic rings. The number of nitrogens with zero attached hydrogens (tertiary/aromatic N) is 3. The van der Waals surface area contributed by atoms with Crippen LogP contribution in [0.15, 0.2) is 12.5 Å². The maximum atomic E-state index is 12.9. The van der Waals surface area contributed by atoms with Crippen LogP contribution in [0.4, 0.5) is 0 Å². The van der Waals surface area contributed by atoms with Crippen LogP contribution in [0.5, 0.6) is 0 Å². The van der Waals surface area contributed by atoms with Gasteiger partial charge in [0.2, 0.25) is 0 Å². The van der Waals surface area contributed by atoms with E-state index < -0.39 is 6.10 Å². The van der Waals surface area contributed by atoms with Crippen molar-refractivity contribution in [2.45, 2.75) is 264 Å². The monoisotopic (exact) mass is 889 g/mol. The quantitative estimate of drug-likeness (QED) is 0.0490. The van der Waals surface area contributed by atoms with Crippen molar-refractivity contribution < 1.29 is 29.0 Å². The fraction of sp³-hybridized carbons (Fsp3) is 0.887. The van der Waals surface area contributed by atoms with Crippen LogP contribution in [-0.2, 0) is 26.1 Å². The van der Waals surface area contributed by atoms with Gasteiger partial charge in [0.05, 0.1) is 25.2 Å². The summed E-state index contributed by atoms with van der Waals surface area (Å²) in [5, 5.41) is 14.0. The summed E-state index contributed by atoms with van der Waals surface area (Å²) in [6, 6.07) is 0. The number of aliphatic hydroxyl groups is 1. The summed E-state index contributed by atoms with van der Waals surface area (Å²) in [6.07, 6.45) is 42.6. The van der Waals surface area contributed by atoms with Crippen molar-refractivity contribution in [1.29, 1.82) is 0 Å². The van der Waals surface area contributed by atoms with E-state index in [4.69, 9.17) is 9.47 Å². The molecule has 1 aromatic heterocycles. The maximum Gasteiger partial charge on any atom is 0.306 e. The second kappa shape index (κ2) is 43.4. The number of carbonyl (C=O) groups is 3. The van der Waals surface area contributed by atoms with Gasteiger partial charge in [-0.05, 0) is 90.1 Å². The van der Waals surface area contributed by atoms with Gasteiger partial charge in [0.1, 0.15) is 11.8 Å². The van der Waals surface area contributed by atoms with Crippen molar-refractivity contribution in [1.82, 2.24) is 19.8 Å². The number of nitrogens with one attached hydrogen (secondary N) is 1. The highest BCUT2D eigenvalue weighted by Gasteiger charge is 2.16. The Bertz CT molecular complexity index is 1180. The van der Waals surface area contributed by atoms with Crippen LogP contribution in [-0.4, -0.2) is 82.4 Å². The number of carbonyl (C=O) groups excluding carboxylic acids is 3. The first-order valence-corrected chi connectivity index (χ1v) is 26.8. The largest absolute Gasteiger partial charge is 0.466 e. The Balaban J connectivity index is 2.42. The number of amides is 1. The molecular weight excluding hydrogens is 789 g/mol. The SMILES string of the molecule is CCCCCCCCCCCOC(=O)CCCCCN(CCCCCCCC(=O)OC(CCCCCCCC)CCCCCCCC)CC(O)CCCCNC(=O)c1cncn1C. The molecule has 10 nitrogen and oxygen atoms in total. The van der Waals surface area contributed by atoms with Gasteiger partial charge in [0, 0.05) is 33.0 Å². The van der Waals surface area contributed by atoms with Gasteiger partial charge in [0.15, 0.2) is 0 Å². The smallest absolute Gasteiger partial charge is 0.306 e. The minimum absolute atomic E-state index is 0.0139. The Morgan fingerprint density at radius 3 is 1.60 bits per heavy atom. The van der Waals surface area contributed by atoms with Crippen LogP contribution in [0.25, 0.3) is 0 Å². The van der Waals surface area contributed by atoms with Crippen molar-refractivity contribution >= 4 is 17.8 Å². The predicted octanol–water partition coefficient (Wildman–Crippen LogP) is 13.4. The maximum absolute atomic E-state index is 12.9. The number of imidazole rings is 1. The molecule has 0 bridgehead atoms. The molecule has 1 heterocycles. The number of aliphatic hydroxyl groups excluding tert-OH is 1. The van der Waals surface area contributed by atoms with Gasteiger partial charge in [-0.3, -0.25) is 14.4 Å². The average Bonchev–Trinajstić information content (AvgIpc) is 3.71. The predicted molar refractivity (Wildman–Crippen MR) is 262 cm³/mol. The molecule has 1 amide bonds. The summed E-state index contributed by atoms with van der Waals surface area (Å²) in [4.78, 5) is 44.0. The normalized spacial score (nSPS) is 12.0. The third-order valence-electron chi connectivity index (χ3n) is 12.5. The molecule has 0 radical (unpaired) electrons. The van der Waals surface area contributed by atoms with Crippen molar-refractivity contribution in [3.8, 4) is 0 Å². The first kappa shape index (κ1) is 58.6. The zero-order valence-electron chi connectivity index (χ0n) is 41.6. The van der Waals surface area contributed by atoms with Gasteiger partial charge in [0.25, 0.3) is 5.91 Å². The molecule has 0 spiro atoms. The lowest BCUT2D eigenvalue weighted by molar-refractivity contribution is -0.150. The summed E-state index contributed by atoms with van der Waals surface area (Å²) in [6.45, 7) is 10.3. The van der Waals surface area contributed by atoms with Crippen LogP contribution in [0.3, 0.4) is 0 Å². The Morgan fingerprint density at radius 2 is 1.06 bits per heavy atom. The van der Waals surface area contributed by atoms with E-state index in [1.165, 1.54) is 109 Å². The summed E-state index contributed by atoms with van der Waals surface area (Å²) in [7, 11) is 1.81. The minimum atomic E-state index is -0.425. The summed E-state index contributed by atoms with van der Waals surface area (Å²) in [5.74, 6) is -0.215. The minimum Gasteiger partial charge on any atom is -0.466 e. The highest BCUT2D eigenvalue weighted by molar-refractivity contribution is 5.92. The van der Waals surface area contributed by atoms with Crippen LogP contribution in [0.2, 0.25) is 0 Å². The van der Waals surface area contributed by atoms with E-state index in [1.807, 2.05) is 0 Å². The zero-order chi connectivity index (χ0) is 45.9. The molecule has 1 rings (SSSR count). The van der Waals surface area contributed by atoms with E-state index in [1.54, 1.807) is 24.1 Å². The van der Waals surface area contributed by atoms with Gasteiger partial charge >= 0.3 is 11.9 Å². The standard InChI is InChI=1S/C53H100N4O6/c1-5-8-11-14-17-18-19-25-35-44-62-51(59)39-30-26-34-43-57(46-48(58)36-31-32-41-55-53(61)50-45-54-47-56(50)4)42-33-24-20-23-29-40-52(60)63-49(37-27-21-15-12-9-6-2)38-28-22-16-13-10-7-3/h45,47-49,58H,5-44,46H2,1-4H3,(H,55,61). The third-order valence-corrected chi connectivity index (χ3v) is 12.5. The number of hydrogen-bond donors (Lipinski definition) is 2. The third kappa shape index (κ3) is 36.5. The lowest BCUT2D eigenvalue weighted by Crippen LogP contribution is -2.34. The number of ether oxygens (including phenoxy) is 2. The van der Waals surface area contributed by atoms with E-state index in [9.17, 15) is 19.5 Å². The number of aryl methyl sites for hydroxylation is 1. The molecule has 0 saturated carbocycles.